The molecule has 4 nitrogen and oxygen atoms in total. The minimum absolute atomic E-state index is 0.284. The number of hydrogen-bond acceptors (Lipinski definition) is 4. The molecule has 2 rings (SSSR count). The first-order valence-electron chi connectivity index (χ1n) is 6.12. The molecule has 1 heterocycles. The van der Waals surface area contributed by atoms with E-state index in [1.54, 1.807) is 25.3 Å². The van der Waals surface area contributed by atoms with Gasteiger partial charge in [0.15, 0.2) is 0 Å². The van der Waals surface area contributed by atoms with Gasteiger partial charge in [-0.1, -0.05) is 19.3 Å². The van der Waals surface area contributed by atoms with E-state index in [-0.39, 0.29) is 6.04 Å². The number of nitrogens with zero attached hydrogens (tertiary/aromatic N) is 3. The molecule has 1 aromatic heterocycles. The van der Waals surface area contributed by atoms with E-state index in [1.165, 1.54) is 19.3 Å². The monoisotopic (exact) mass is 231 g/mol. The summed E-state index contributed by atoms with van der Waals surface area (Å²) in [4.78, 5) is 0. The van der Waals surface area contributed by atoms with E-state index < -0.39 is 5.54 Å². The third-order valence-electron chi connectivity index (χ3n) is 3.21. The molecule has 17 heavy (non-hydrogen) atoms. The van der Waals surface area contributed by atoms with Crippen molar-refractivity contribution >= 4 is 0 Å². The highest BCUT2D eigenvalue weighted by Crippen LogP contribution is 2.27. The van der Waals surface area contributed by atoms with Crippen molar-refractivity contribution in [2.24, 2.45) is 10.2 Å². The fourth-order valence-corrected chi connectivity index (χ4v) is 2.08. The van der Waals surface area contributed by atoms with Crippen molar-refractivity contribution in [3.63, 3.8) is 0 Å². The predicted octanol–water partition coefficient (Wildman–Crippen LogP) is 3.80. The minimum Gasteiger partial charge on any atom is -0.466 e. The zero-order valence-electron chi connectivity index (χ0n) is 10.1. The summed E-state index contributed by atoms with van der Waals surface area (Å²) in [7, 11) is 0. The Morgan fingerprint density at radius 3 is 2.76 bits per heavy atom. The molecule has 0 amide bonds. The SMILES string of the molecule is CC(C#N)(N=NC1CCCCC1)c1ccco1. The summed E-state index contributed by atoms with van der Waals surface area (Å²) in [5.74, 6) is 0.555. The molecule has 0 radical (unpaired) electrons. The van der Waals surface area contributed by atoms with Crippen molar-refractivity contribution in [2.75, 3.05) is 0 Å². The molecule has 1 aliphatic rings. The Hall–Kier alpha value is -1.63. The van der Waals surface area contributed by atoms with Gasteiger partial charge in [0.1, 0.15) is 11.8 Å². The molecule has 1 aromatic rings. The molecular weight excluding hydrogens is 214 g/mol. The highest BCUT2D eigenvalue weighted by atomic mass is 16.3. The summed E-state index contributed by atoms with van der Waals surface area (Å²) >= 11 is 0. The predicted molar refractivity (Wildman–Crippen MR) is 63.4 cm³/mol. The van der Waals surface area contributed by atoms with E-state index >= 15 is 0 Å². The van der Waals surface area contributed by atoms with Gasteiger partial charge in [0.25, 0.3) is 0 Å². The van der Waals surface area contributed by atoms with E-state index in [2.05, 4.69) is 16.3 Å². The van der Waals surface area contributed by atoms with Crippen LogP contribution in [0.2, 0.25) is 0 Å². The smallest absolute Gasteiger partial charge is 0.221 e. The van der Waals surface area contributed by atoms with Gasteiger partial charge in [0.05, 0.1) is 12.3 Å². The summed E-state index contributed by atoms with van der Waals surface area (Å²) in [6, 6.07) is 5.98. The third-order valence-corrected chi connectivity index (χ3v) is 3.21. The van der Waals surface area contributed by atoms with Crippen LogP contribution < -0.4 is 0 Å². The lowest BCUT2D eigenvalue weighted by Gasteiger charge is -2.18. The van der Waals surface area contributed by atoms with Gasteiger partial charge >= 0.3 is 0 Å². The maximum absolute atomic E-state index is 9.22. The summed E-state index contributed by atoms with van der Waals surface area (Å²) in [5, 5.41) is 17.8. The molecule has 1 fully saturated rings. The van der Waals surface area contributed by atoms with E-state index in [4.69, 9.17) is 4.42 Å². The number of azo groups is 1. The fraction of sp³-hybridized carbons (Fsp3) is 0.615. The average Bonchev–Trinajstić information content (AvgIpc) is 2.92. The lowest BCUT2D eigenvalue weighted by atomic mass is 9.96. The van der Waals surface area contributed by atoms with Crippen LogP contribution in [-0.4, -0.2) is 6.04 Å². The Morgan fingerprint density at radius 1 is 1.41 bits per heavy atom. The van der Waals surface area contributed by atoms with Crippen LogP contribution in [0, 0.1) is 11.3 Å². The fourth-order valence-electron chi connectivity index (χ4n) is 2.08. The molecule has 0 spiro atoms. The van der Waals surface area contributed by atoms with Crippen molar-refractivity contribution in [3.8, 4) is 6.07 Å². The minimum atomic E-state index is -0.985. The first kappa shape index (κ1) is 11.8. The van der Waals surface area contributed by atoms with E-state index in [9.17, 15) is 5.26 Å². The second-order valence-corrected chi connectivity index (χ2v) is 4.67. The van der Waals surface area contributed by atoms with Crippen LogP contribution in [-0.2, 0) is 5.54 Å². The summed E-state index contributed by atoms with van der Waals surface area (Å²) in [5.41, 5.74) is -0.985. The van der Waals surface area contributed by atoms with Gasteiger partial charge in [-0.25, -0.2) is 0 Å². The topological polar surface area (TPSA) is 61.6 Å². The van der Waals surface area contributed by atoms with Gasteiger partial charge in [-0.3, -0.25) is 0 Å². The Bertz CT molecular complexity index is 412. The molecule has 1 aliphatic carbocycles. The van der Waals surface area contributed by atoms with Crippen LogP contribution in [0.3, 0.4) is 0 Å². The molecule has 90 valence electrons. The Morgan fingerprint density at radius 2 is 2.18 bits per heavy atom. The zero-order valence-corrected chi connectivity index (χ0v) is 10.1. The van der Waals surface area contributed by atoms with Crippen LogP contribution in [0.25, 0.3) is 0 Å². The normalized spacial score (nSPS) is 21.2. The van der Waals surface area contributed by atoms with Crippen LogP contribution in [0.4, 0.5) is 0 Å². The van der Waals surface area contributed by atoms with Gasteiger partial charge < -0.3 is 4.42 Å². The Labute approximate surface area is 101 Å². The first-order valence-corrected chi connectivity index (χ1v) is 6.12. The quantitative estimate of drug-likeness (QED) is 0.742. The molecule has 1 atom stereocenters. The molecule has 0 bridgehead atoms. The molecule has 0 N–H and O–H groups in total. The molecule has 0 aliphatic heterocycles. The summed E-state index contributed by atoms with van der Waals surface area (Å²) in [6.07, 6.45) is 7.45. The van der Waals surface area contributed by atoms with Crippen molar-refractivity contribution in [1.82, 2.24) is 0 Å². The Balaban J connectivity index is 2.09. The second kappa shape index (κ2) is 5.13. The first-order chi connectivity index (χ1) is 8.24. The molecule has 1 saturated carbocycles. The van der Waals surface area contributed by atoms with Crippen LogP contribution in [0.15, 0.2) is 33.0 Å². The van der Waals surface area contributed by atoms with Crippen LogP contribution >= 0.6 is 0 Å². The van der Waals surface area contributed by atoms with Crippen LogP contribution in [0.1, 0.15) is 44.8 Å². The lowest BCUT2D eigenvalue weighted by Crippen LogP contribution is -2.17. The standard InChI is InChI=1S/C13H17N3O/c1-13(10-14,12-8-5-9-17-12)16-15-11-6-3-2-4-7-11/h5,8-9,11H,2-4,6-7H2,1H3. The van der Waals surface area contributed by atoms with Crippen molar-refractivity contribution in [1.29, 1.82) is 5.26 Å². The third kappa shape index (κ3) is 2.73. The molecule has 0 aromatic carbocycles. The highest BCUT2D eigenvalue weighted by Gasteiger charge is 2.29. The number of nitriles is 1. The summed E-state index contributed by atoms with van der Waals surface area (Å²) in [6.45, 7) is 1.73. The van der Waals surface area contributed by atoms with Gasteiger partial charge in [0.2, 0.25) is 5.54 Å². The van der Waals surface area contributed by atoms with E-state index in [0.717, 1.165) is 12.8 Å². The maximum Gasteiger partial charge on any atom is 0.221 e. The van der Waals surface area contributed by atoms with Gasteiger partial charge in [-0.05, 0) is 31.9 Å². The maximum atomic E-state index is 9.22. The van der Waals surface area contributed by atoms with E-state index in [1.807, 2.05) is 0 Å². The van der Waals surface area contributed by atoms with Crippen LogP contribution in [0.5, 0.6) is 0 Å². The second-order valence-electron chi connectivity index (χ2n) is 4.67. The van der Waals surface area contributed by atoms with Crippen molar-refractivity contribution in [2.45, 2.75) is 50.6 Å². The van der Waals surface area contributed by atoms with Crippen molar-refractivity contribution < 1.29 is 4.42 Å². The zero-order chi connectivity index (χ0) is 12.1. The van der Waals surface area contributed by atoms with Crippen molar-refractivity contribution in [3.05, 3.63) is 24.2 Å². The lowest BCUT2D eigenvalue weighted by molar-refractivity contribution is 0.386. The van der Waals surface area contributed by atoms with E-state index in [0.29, 0.717) is 5.76 Å². The Kier molecular flexibility index (Phi) is 3.58. The number of furan rings is 1. The number of rotatable bonds is 3. The van der Waals surface area contributed by atoms with Gasteiger partial charge in [0, 0.05) is 0 Å². The van der Waals surface area contributed by atoms with Gasteiger partial charge in [-0.2, -0.15) is 15.5 Å². The number of hydrogen-bond donors (Lipinski definition) is 0. The molecule has 4 heteroatoms. The average molecular weight is 231 g/mol. The molecule has 1 unspecified atom stereocenters. The largest absolute Gasteiger partial charge is 0.466 e. The molecular formula is C13H17N3O. The summed E-state index contributed by atoms with van der Waals surface area (Å²) < 4.78 is 5.25. The highest BCUT2D eigenvalue weighted by molar-refractivity contribution is 5.20. The van der Waals surface area contributed by atoms with Gasteiger partial charge in [-0.15, -0.1) is 0 Å². The molecule has 0 saturated heterocycles.